The third-order valence-electron chi connectivity index (χ3n) is 12.3. The smallest absolute Gasteiger partial charge is 0.394 e. The first kappa shape index (κ1) is 46.5. The van der Waals surface area contributed by atoms with E-state index in [0.717, 1.165) is 109 Å². The van der Waals surface area contributed by atoms with Crippen LogP contribution in [0.25, 0.3) is 33.5 Å². The number of rotatable bonds is 12. The number of nitrogens with two attached hydrogens (primary N) is 3. The molecule has 0 unspecified atom stereocenters. The molecule has 0 amide bonds. The zero-order valence-electron chi connectivity index (χ0n) is 36.9. The largest absolute Gasteiger partial charge is 0.396 e. The molecular weight excluding hydrogens is 901 g/mol. The van der Waals surface area contributed by atoms with Crippen LogP contribution in [-0.2, 0) is 10.4 Å². The van der Waals surface area contributed by atoms with Gasteiger partial charge >= 0.3 is 10.4 Å². The Kier molecular flexibility index (Phi) is 13.4. The highest BCUT2D eigenvalue weighted by Gasteiger charge is 2.29. The van der Waals surface area contributed by atoms with Gasteiger partial charge in [-0.25, -0.2) is 15.0 Å². The van der Waals surface area contributed by atoms with E-state index in [-0.39, 0.29) is 73.5 Å². The summed E-state index contributed by atoms with van der Waals surface area (Å²) in [6.07, 6.45) is 27.3. The lowest BCUT2D eigenvalue weighted by Gasteiger charge is -2.13. The Morgan fingerprint density at radius 2 is 0.750 bits per heavy atom. The Bertz CT molecular complexity index is 2660. The van der Waals surface area contributed by atoms with Crippen LogP contribution in [0, 0.1) is 17.8 Å². The minimum atomic E-state index is -4.67. The highest BCUT2D eigenvalue weighted by Crippen LogP contribution is 2.36. The van der Waals surface area contributed by atoms with Crippen molar-refractivity contribution in [2.45, 2.75) is 94.0 Å². The molecule has 6 aromatic rings. The van der Waals surface area contributed by atoms with Crippen molar-refractivity contribution in [3.05, 3.63) is 55.4 Å². The average molecular weight is 957 g/mol. The van der Waals surface area contributed by atoms with Gasteiger partial charge in [0.25, 0.3) is 0 Å². The summed E-state index contributed by atoms with van der Waals surface area (Å²) < 4.78 is 37.6. The van der Waals surface area contributed by atoms with E-state index in [9.17, 15) is 15.3 Å². The molecule has 6 aliphatic carbocycles. The number of nitrogens with zero attached hydrogens (tertiary/aromatic N) is 12. The molecule has 68 heavy (non-hydrogen) atoms. The van der Waals surface area contributed by atoms with Crippen LogP contribution >= 0.6 is 0 Å². The zero-order chi connectivity index (χ0) is 47.7. The first-order valence-electron chi connectivity index (χ1n) is 22.6. The first-order valence-corrected chi connectivity index (χ1v) is 24.0. The summed E-state index contributed by atoms with van der Waals surface area (Å²) in [5.41, 5.74) is 22.0. The second-order valence-corrected chi connectivity index (χ2v) is 18.8. The predicted octanol–water partition coefficient (Wildman–Crippen LogP) is 2.62. The van der Waals surface area contributed by atoms with Crippen molar-refractivity contribution in [2.24, 2.45) is 17.8 Å². The number of hydrogen-bond acceptors (Lipinski definition) is 20. The van der Waals surface area contributed by atoms with Crippen molar-refractivity contribution in [1.29, 1.82) is 0 Å². The molecule has 14 N–H and O–H groups in total. The highest BCUT2D eigenvalue weighted by atomic mass is 32.3. The van der Waals surface area contributed by atoms with E-state index in [1.54, 1.807) is 19.0 Å². The van der Waals surface area contributed by atoms with Crippen molar-refractivity contribution in [3.8, 4) is 0 Å². The number of anilines is 6. The molecule has 6 aliphatic rings. The molecule has 3 saturated carbocycles. The number of nitrogen functional groups attached to an aromatic ring is 3. The van der Waals surface area contributed by atoms with Gasteiger partial charge in [-0.1, -0.05) is 36.5 Å². The van der Waals surface area contributed by atoms with E-state index in [2.05, 4.69) is 79.0 Å². The lowest BCUT2D eigenvalue weighted by molar-refractivity contribution is 0.244. The van der Waals surface area contributed by atoms with Gasteiger partial charge in [0.1, 0.15) is 0 Å². The van der Waals surface area contributed by atoms with Crippen molar-refractivity contribution in [1.82, 2.24) is 58.6 Å². The van der Waals surface area contributed by atoms with E-state index >= 15 is 0 Å². The lowest BCUT2D eigenvalue weighted by Crippen LogP contribution is -2.10. The van der Waals surface area contributed by atoms with Crippen LogP contribution in [0.5, 0.6) is 0 Å². The molecule has 12 rings (SSSR count). The van der Waals surface area contributed by atoms with Crippen molar-refractivity contribution in [3.63, 3.8) is 0 Å². The summed E-state index contributed by atoms with van der Waals surface area (Å²) in [6.45, 7) is 0.516. The molecule has 6 atom stereocenters. The number of imidazole rings is 3. The van der Waals surface area contributed by atoms with Crippen LogP contribution in [0.15, 0.2) is 55.4 Å². The summed E-state index contributed by atoms with van der Waals surface area (Å²) in [5.74, 6) is 3.55. The minimum Gasteiger partial charge on any atom is -0.396 e. The summed E-state index contributed by atoms with van der Waals surface area (Å²) in [6, 6.07) is 1.94. The van der Waals surface area contributed by atoms with Crippen LogP contribution in [-0.4, -0.2) is 129 Å². The van der Waals surface area contributed by atoms with Gasteiger partial charge in [0.2, 0.25) is 17.8 Å². The second-order valence-electron chi connectivity index (χ2n) is 17.9. The van der Waals surface area contributed by atoms with E-state index in [4.69, 9.17) is 34.7 Å². The maximum absolute atomic E-state index is 9.26. The van der Waals surface area contributed by atoms with E-state index in [1.165, 1.54) is 0 Å². The van der Waals surface area contributed by atoms with E-state index in [0.29, 0.717) is 18.1 Å². The number of aromatic nitrogens is 12. The Morgan fingerprint density at radius 3 is 0.971 bits per heavy atom. The third kappa shape index (κ3) is 11.2. The zero-order valence-corrected chi connectivity index (χ0v) is 37.8. The van der Waals surface area contributed by atoms with E-state index < -0.39 is 10.4 Å². The molecule has 6 heterocycles. The number of aliphatic hydroxyl groups is 3. The highest BCUT2D eigenvalue weighted by molar-refractivity contribution is 7.79. The predicted molar refractivity (Wildman–Crippen MR) is 253 cm³/mol. The van der Waals surface area contributed by atoms with Crippen LogP contribution < -0.4 is 33.2 Å². The maximum Gasteiger partial charge on any atom is 0.394 e. The Balaban J connectivity index is 0.000000121. The fourth-order valence-corrected chi connectivity index (χ4v) is 8.38. The van der Waals surface area contributed by atoms with Gasteiger partial charge in [-0.2, -0.15) is 38.3 Å². The van der Waals surface area contributed by atoms with Gasteiger partial charge in [-0.05, 0) is 57.8 Å². The number of fused-ring (bicyclic) bond motifs is 3. The van der Waals surface area contributed by atoms with Gasteiger partial charge in [0.15, 0.2) is 50.9 Å². The van der Waals surface area contributed by atoms with Gasteiger partial charge < -0.3 is 62.2 Å². The standard InChI is InChI=1S/3C14H18N6O.H2O4S/c3*15-14-18-12(17-9-2-3-9)11-13(19-14)20(7-16-11)10-4-1-8(5-10)6-21;1-5(2,3)4/h3*1,4,7-10,21H,2-3,5-6H2,(H3,15,17,18,19);(H2,1,2,3,4)/t3*8-,10+;/m111./s1. The number of aliphatic hydroxyl groups excluding tert-OH is 3. The quantitative estimate of drug-likeness (QED) is 0.0620. The molecule has 0 bridgehead atoms. The fourth-order valence-electron chi connectivity index (χ4n) is 8.38. The monoisotopic (exact) mass is 956 g/mol. The number of hydrogen-bond donors (Lipinski definition) is 11. The molecule has 0 aliphatic heterocycles. The third-order valence-corrected chi connectivity index (χ3v) is 12.3. The van der Waals surface area contributed by atoms with Gasteiger partial charge in [-0.3, -0.25) is 9.11 Å². The maximum atomic E-state index is 9.26. The Labute approximate surface area is 389 Å². The van der Waals surface area contributed by atoms with Crippen LogP contribution in [0.2, 0.25) is 0 Å². The Hall–Kier alpha value is -6.58. The normalized spacial score (nSPS) is 23.8. The van der Waals surface area contributed by atoms with Gasteiger partial charge in [-0.15, -0.1) is 0 Å². The first-order chi connectivity index (χ1) is 32.7. The van der Waals surface area contributed by atoms with Gasteiger partial charge in [0.05, 0.1) is 37.1 Å². The topological polar surface area (TPSA) is 380 Å². The summed E-state index contributed by atoms with van der Waals surface area (Å²) in [4.78, 5) is 39.3. The van der Waals surface area contributed by atoms with Gasteiger partial charge in [0, 0.05) is 55.7 Å². The lowest BCUT2D eigenvalue weighted by atomic mass is 10.1. The van der Waals surface area contributed by atoms with Crippen LogP contribution in [0.1, 0.15) is 75.9 Å². The Morgan fingerprint density at radius 1 is 0.485 bits per heavy atom. The average Bonchev–Trinajstić information content (AvgIpc) is 4.14. The van der Waals surface area contributed by atoms with Crippen molar-refractivity contribution >= 4 is 79.2 Å². The summed E-state index contributed by atoms with van der Waals surface area (Å²) in [5, 5.41) is 37.8. The van der Waals surface area contributed by atoms with Crippen molar-refractivity contribution < 1.29 is 32.8 Å². The summed E-state index contributed by atoms with van der Waals surface area (Å²) >= 11 is 0. The molecule has 6 aromatic heterocycles. The molecule has 0 spiro atoms. The SMILES string of the molecule is Nc1nc(NC2CC2)c2ncn([C@H]3C=C[C@@H](CO)C3)c2n1.Nc1nc(NC2CC2)c2ncn([C@H]3C=C[C@@H](CO)C3)c2n1.Nc1nc(NC2CC2)c2ncn([C@H]3C=C[C@@H](CO)C3)c2n1.O=S(=O)(O)O. The molecule has 25 nitrogen and oxygen atoms in total. The molecule has 26 heteroatoms. The molecule has 362 valence electrons. The van der Waals surface area contributed by atoms with Crippen LogP contribution in [0.3, 0.4) is 0 Å². The van der Waals surface area contributed by atoms with Crippen molar-refractivity contribution in [2.75, 3.05) is 53.0 Å². The number of allylic oxidation sites excluding steroid dienone is 3. The molecule has 0 saturated heterocycles. The molecule has 0 radical (unpaired) electrons. The van der Waals surface area contributed by atoms with Crippen LogP contribution in [0.4, 0.5) is 35.3 Å². The molecule has 3 fully saturated rings. The van der Waals surface area contributed by atoms with E-state index in [1.807, 2.05) is 31.9 Å². The second kappa shape index (κ2) is 19.6. The number of nitrogens with one attached hydrogen (secondary N) is 3. The summed E-state index contributed by atoms with van der Waals surface area (Å²) in [7, 11) is -4.67. The molecule has 0 aromatic carbocycles. The fraction of sp³-hybridized carbons (Fsp3) is 0.500. The minimum absolute atomic E-state index is 0.162. The molecular formula is C42H56N18O7S.